The summed E-state index contributed by atoms with van der Waals surface area (Å²) >= 11 is 0. The minimum absolute atomic E-state index is 0.0101. The van der Waals surface area contributed by atoms with Crippen molar-refractivity contribution in [1.82, 2.24) is 24.8 Å². The number of nitrogens with zero attached hydrogens (tertiary/aromatic N) is 4. The van der Waals surface area contributed by atoms with E-state index in [-0.39, 0.29) is 36.2 Å². The number of aromatic amines is 1. The highest BCUT2D eigenvalue weighted by Gasteiger charge is 2.55. The number of carboxylic acid groups (broad SMARTS) is 1. The van der Waals surface area contributed by atoms with Crippen molar-refractivity contribution in [3.8, 4) is 11.6 Å². The molecular weight excluding hydrogens is 362 g/mol. The third kappa shape index (κ3) is 2.96. The molecule has 0 aromatic carbocycles. The zero-order valence-electron chi connectivity index (χ0n) is 15.5. The number of likely N-dealkylation sites (tertiary alicyclic amines) is 1. The lowest BCUT2D eigenvalue weighted by molar-refractivity contribution is -0.149. The molecule has 4 rings (SSSR count). The Balaban J connectivity index is 1.54. The Morgan fingerprint density at radius 3 is 2.75 bits per heavy atom. The van der Waals surface area contributed by atoms with Crippen LogP contribution < -0.4 is 5.56 Å². The summed E-state index contributed by atoms with van der Waals surface area (Å²) in [5.74, 6) is -0.525. The maximum absolute atomic E-state index is 12.8. The smallest absolute Gasteiger partial charge is 0.311 e. The molecule has 1 saturated carbocycles. The van der Waals surface area contributed by atoms with Crippen LogP contribution in [0.15, 0.2) is 23.3 Å². The van der Waals surface area contributed by atoms with E-state index in [1.54, 1.807) is 30.3 Å². The van der Waals surface area contributed by atoms with Crippen LogP contribution in [0, 0.1) is 18.3 Å². The highest BCUT2D eigenvalue weighted by molar-refractivity contribution is 5.82. The number of nitrogens with one attached hydrogen (secondary N) is 1. The first kappa shape index (κ1) is 18.3. The van der Waals surface area contributed by atoms with Crippen molar-refractivity contribution in [2.45, 2.75) is 32.6 Å². The summed E-state index contributed by atoms with van der Waals surface area (Å²) in [6.45, 7) is 2.32. The first-order chi connectivity index (χ1) is 13.4. The lowest BCUT2D eigenvalue weighted by Crippen LogP contribution is -2.38. The second-order valence-corrected chi connectivity index (χ2v) is 7.55. The molecule has 0 bridgehead atoms. The number of carbonyl (C=O) groups excluding carboxylic acids is 1. The Morgan fingerprint density at radius 2 is 2.11 bits per heavy atom. The number of carboxylic acids is 1. The van der Waals surface area contributed by atoms with Crippen molar-refractivity contribution < 1.29 is 14.7 Å². The van der Waals surface area contributed by atoms with E-state index in [1.807, 2.05) is 0 Å². The number of carbonyl (C=O) groups is 2. The molecule has 2 aromatic heterocycles. The number of aromatic nitrogens is 4. The van der Waals surface area contributed by atoms with Crippen LogP contribution in [0.2, 0.25) is 0 Å². The van der Waals surface area contributed by atoms with Crippen LogP contribution in [0.1, 0.15) is 30.5 Å². The average molecular weight is 383 g/mol. The minimum atomic E-state index is -0.829. The zero-order valence-corrected chi connectivity index (χ0v) is 15.5. The van der Waals surface area contributed by atoms with Gasteiger partial charge in [0.1, 0.15) is 0 Å². The largest absolute Gasteiger partial charge is 0.481 e. The fraction of sp³-hybridized carbons (Fsp3) is 0.474. The van der Waals surface area contributed by atoms with Gasteiger partial charge >= 0.3 is 5.97 Å². The van der Waals surface area contributed by atoms with Gasteiger partial charge in [0.15, 0.2) is 11.6 Å². The maximum atomic E-state index is 12.8. The van der Waals surface area contributed by atoms with Gasteiger partial charge in [0.25, 0.3) is 5.56 Å². The monoisotopic (exact) mass is 383 g/mol. The fourth-order valence-electron chi connectivity index (χ4n) is 4.44. The van der Waals surface area contributed by atoms with E-state index in [1.165, 1.54) is 0 Å². The molecule has 1 amide bonds. The van der Waals surface area contributed by atoms with Crippen molar-refractivity contribution in [3.05, 3.63) is 40.1 Å². The van der Waals surface area contributed by atoms with Gasteiger partial charge in [-0.2, -0.15) is 0 Å². The van der Waals surface area contributed by atoms with Crippen LogP contribution in [0.5, 0.6) is 0 Å². The number of amides is 1. The van der Waals surface area contributed by atoms with Crippen molar-refractivity contribution in [2.24, 2.45) is 11.3 Å². The summed E-state index contributed by atoms with van der Waals surface area (Å²) in [5.41, 5.74) is -0.516. The molecule has 146 valence electrons. The van der Waals surface area contributed by atoms with Gasteiger partial charge in [0.05, 0.1) is 11.8 Å². The minimum Gasteiger partial charge on any atom is -0.481 e. The van der Waals surface area contributed by atoms with Crippen molar-refractivity contribution in [2.75, 3.05) is 13.1 Å². The van der Waals surface area contributed by atoms with E-state index in [2.05, 4.69) is 19.9 Å². The lowest BCUT2D eigenvalue weighted by Gasteiger charge is -2.23. The standard InChI is InChI=1S/C19H21N5O4/c1-11-13(17(26)23-16(22-11)15-20-6-3-7-21-15)8-14(25)24-9-12-4-2-5-19(12,10-24)18(27)28/h3,6-7,12H,2,4-5,8-10H2,1H3,(H,27,28)(H,22,23,26)/t12-,19+/m0/s1. The molecule has 9 heteroatoms. The van der Waals surface area contributed by atoms with Crippen LogP contribution in [0.25, 0.3) is 11.6 Å². The molecule has 1 aliphatic heterocycles. The maximum Gasteiger partial charge on any atom is 0.311 e. The molecule has 28 heavy (non-hydrogen) atoms. The number of aliphatic carboxylic acids is 1. The molecule has 1 aliphatic carbocycles. The first-order valence-corrected chi connectivity index (χ1v) is 9.29. The number of H-pyrrole nitrogens is 1. The summed E-state index contributed by atoms with van der Waals surface area (Å²) in [4.78, 5) is 53.8. The number of fused-ring (bicyclic) bond motifs is 1. The SMILES string of the molecule is Cc1nc(-c2ncccn2)[nH]c(=O)c1CC(=O)N1C[C@@H]2CCC[C@@]2(C(=O)O)C1. The van der Waals surface area contributed by atoms with Gasteiger partial charge in [-0.1, -0.05) is 6.42 Å². The van der Waals surface area contributed by atoms with E-state index >= 15 is 0 Å². The summed E-state index contributed by atoms with van der Waals surface area (Å²) in [6.07, 6.45) is 5.30. The third-order valence-electron chi connectivity index (χ3n) is 5.98. The van der Waals surface area contributed by atoms with E-state index < -0.39 is 16.9 Å². The van der Waals surface area contributed by atoms with E-state index in [4.69, 9.17) is 0 Å². The predicted molar refractivity (Wildman–Crippen MR) is 98.3 cm³/mol. The number of rotatable bonds is 4. The van der Waals surface area contributed by atoms with Gasteiger partial charge in [-0.05, 0) is 31.7 Å². The summed E-state index contributed by atoms with van der Waals surface area (Å²) in [7, 11) is 0. The second kappa shape index (κ2) is 6.81. The van der Waals surface area contributed by atoms with E-state index in [0.717, 1.165) is 12.8 Å². The Labute approximate surface area is 160 Å². The van der Waals surface area contributed by atoms with Gasteiger partial charge in [-0.15, -0.1) is 0 Å². The van der Waals surface area contributed by atoms with Gasteiger partial charge in [0, 0.05) is 36.7 Å². The fourth-order valence-corrected chi connectivity index (χ4v) is 4.44. The van der Waals surface area contributed by atoms with Crippen LogP contribution in [0.3, 0.4) is 0 Å². The number of hydrogen-bond donors (Lipinski definition) is 2. The Hall–Kier alpha value is -3.10. The van der Waals surface area contributed by atoms with Crippen LogP contribution in [-0.4, -0.2) is 54.9 Å². The van der Waals surface area contributed by atoms with Gasteiger partial charge in [-0.25, -0.2) is 15.0 Å². The molecule has 9 nitrogen and oxygen atoms in total. The first-order valence-electron chi connectivity index (χ1n) is 9.29. The quantitative estimate of drug-likeness (QED) is 0.798. The molecule has 0 unspecified atom stereocenters. The van der Waals surface area contributed by atoms with Gasteiger partial charge in [-0.3, -0.25) is 14.4 Å². The Kier molecular flexibility index (Phi) is 4.44. The molecule has 2 aromatic rings. The number of aryl methyl sites for hydroxylation is 1. The summed E-state index contributed by atoms with van der Waals surface area (Å²) < 4.78 is 0. The average Bonchev–Trinajstić information content (AvgIpc) is 3.24. The Bertz CT molecular complexity index is 990. The van der Waals surface area contributed by atoms with Crippen molar-refractivity contribution in [3.63, 3.8) is 0 Å². The molecule has 0 radical (unpaired) electrons. The predicted octanol–water partition coefficient (Wildman–Crippen LogP) is 0.791. The third-order valence-corrected chi connectivity index (χ3v) is 5.98. The molecule has 2 fully saturated rings. The topological polar surface area (TPSA) is 129 Å². The normalized spacial score (nSPS) is 23.6. The van der Waals surface area contributed by atoms with Crippen molar-refractivity contribution >= 4 is 11.9 Å². The number of hydrogen-bond acceptors (Lipinski definition) is 6. The molecule has 1 saturated heterocycles. The summed E-state index contributed by atoms with van der Waals surface area (Å²) in [6, 6.07) is 1.66. The van der Waals surface area contributed by atoms with E-state index in [0.29, 0.717) is 24.5 Å². The second-order valence-electron chi connectivity index (χ2n) is 7.55. The van der Waals surface area contributed by atoms with Crippen LogP contribution in [0.4, 0.5) is 0 Å². The highest BCUT2D eigenvalue weighted by Crippen LogP contribution is 2.48. The molecule has 0 spiro atoms. The van der Waals surface area contributed by atoms with Crippen LogP contribution in [-0.2, 0) is 16.0 Å². The molecule has 2 N–H and O–H groups in total. The van der Waals surface area contributed by atoms with Gasteiger partial charge < -0.3 is 15.0 Å². The zero-order chi connectivity index (χ0) is 19.9. The highest BCUT2D eigenvalue weighted by atomic mass is 16.4. The van der Waals surface area contributed by atoms with Gasteiger partial charge in [0.2, 0.25) is 5.91 Å². The lowest BCUT2D eigenvalue weighted by atomic mass is 9.81. The molecule has 2 aliphatic rings. The Morgan fingerprint density at radius 1 is 1.36 bits per heavy atom. The molecule has 2 atom stereocenters. The van der Waals surface area contributed by atoms with Crippen molar-refractivity contribution in [1.29, 1.82) is 0 Å². The van der Waals surface area contributed by atoms with Crippen LogP contribution >= 0.6 is 0 Å². The van der Waals surface area contributed by atoms with E-state index in [9.17, 15) is 19.5 Å². The molecular formula is C19H21N5O4. The molecule has 3 heterocycles. The summed E-state index contributed by atoms with van der Waals surface area (Å²) in [5, 5.41) is 9.68.